The maximum absolute atomic E-state index is 11.3. The molecular formula is C13H14N2O5. The summed E-state index contributed by atoms with van der Waals surface area (Å²) in [4.78, 5) is 23.7. The minimum atomic E-state index is -1.28. The molecule has 2 saturated heterocycles. The number of nitro benzene ring substituents is 1. The number of hydrogen-bond donors (Lipinski definition) is 1. The van der Waals surface area contributed by atoms with Crippen LogP contribution in [0, 0.1) is 10.1 Å². The number of nitrogens with zero attached hydrogens (tertiary/aromatic N) is 2. The van der Waals surface area contributed by atoms with E-state index in [1.165, 1.54) is 6.07 Å². The van der Waals surface area contributed by atoms with Gasteiger partial charge in [-0.1, -0.05) is 6.07 Å². The predicted octanol–water partition coefficient (Wildman–Crippen LogP) is 1.66. The molecule has 0 spiro atoms. The van der Waals surface area contributed by atoms with E-state index in [0.29, 0.717) is 18.8 Å². The Bertz CT molecular complexity index is 562. The molecule has 1 N–H and O–H groups in total. The molecule has 1 aromatic rings. The molecule has 3 rings (SSSR count). The zero-order chi connectivity index (χ0) is 14.3. The van der Waals surface area contributed by atoms with Gasteiger partial charge in [-0.3, -0.25) is 10.1 Å². The van der Waals surface area contributed by atoms with Crippen LogP contribution in [-0.2, 0) is 4.74 Å². The molecule has 1 aromatic carbocycles. The van der Waals surface area contributed by atoms with Crippen molar-refractivity contribution in [2.24, 2.45) is 0 Å². The van der Waals surface area contributed by atoms with Crippen LogP contribution in [0.15, 0.2) is 18.2 Å². The number of nitro groups is 1. The fourth-order valence-electron chi connectivity index (χ4n) is 2.96. The Kier molecular flexibility index (Phi) is 3.06. The van der Waals surface area contributed by atoms with Crippen molar-refractivity contribution in [3.05, 3.63) is 33.9 Å². The van der Waals surface area contributed by atoms with Gasteiger partial charge in [0.2, 0.25) is 0 Å². The van der Waals surface area contributed by atoms with Crippen molar-refractivity contribution >= 4 is 17.3 Å². The number of carbonyl (C=O) groups is 1. The summed E-state index contributed by atoms with van der Waals surface area (Å²) in [7, 11) is 0. The highest BCUT2D eigenvalue weighted by atomic mass is 16.6. The monoisotopic (exact) mass is 278 g/mol. The summed E-state index contributed by atoms with van der Waals surface area (Å²) in [6.45, 7) is 1.14. The van der Waals surface area contributed by atoms with Gasteiger partial charge in [-0.15, -0.1) is 0 Å². The van der Waals surface area contributed by atoms with Crippen LogP contribution in [0.5, 0.6) is 0 Å². The van der Waals surface area contributed by atoms with Crippen molar-refractivity contribution in [1.82, 2.24) is 0 Å². The van der Waals surface area contributed by atoms with E-state index in [4.69, 9.17) is 9.84 Å². The minimum Gasteiger partial charge on any atom is -0.477 e. The Morgan fingerprint density at radius 1 is 1.35 bits per heavy atom. The van der Waals surface area contributed by atoms with Gasteiger partial charge < -0.3 is 14.7 Å². The lowest BCUT2D eigenvalue weighted by Crippen LogP contribution is -2.43. The van der Waals surface area contributed by atoms with Crippen LogP contribution in [0.25, 0.3) is 0 Å². The summed E-state index contributed by atoms with van der Waals surface area (Å²) in [6, 6.07) is 4.41. The van der Waals surface area contributed by atoms with Crippen molar-refractivity contribution in [2.75, 3.05) is 18.0 Å². The molecule has 106 valence electrons. The second kappa shape index (κ2) is 4.75. The zero-order valence-corrected chi connectivity index (χ0v) is 10.7. The Morgan fingerprint density at radius 3 is 2.55 bits per heavy atom. The van der Waals surface area contributed by atoms with Gasteiger partial charge >= 0.3 is 11.7 Å². The molecule has 20 heavy (non-hydrogen) atoms. The second-order valence-electron chi connectivity index (χ2n) is 5.10. The standard InChI is InChI=1S/C13H14N2O5/c16-13(17)10-2-1-3-11(12(10)15(18)19)14-6-8-4-5-9(7-14)20-8/h1-3,8-9H,4-7H2,(H,16,17). The lowest BCUT2D eigenvalue weighted by atomic mass is 10.1. The number of carboxylic acid groups (broad SMARTS) is 1. The highest BCUT2D eigenvalue weighted by molar-refractivity contribution is 5.95. The van der Waals surface area contributed by atoms with Gasteiger partial charge in [0.15, 0.2) is 0 Å². The summed E-state index contributed by atoms with van der Waals surface area (Å²) in [6.07, 6.45) is 2.07. The maximum atomic E-state index is 11.3. The van der Waals surface area contributed by atoms with Crippen LogP contribution in [0.2, 0.25) is 0 Å². The molecule has 2 atom stereocenters. The Hall–Kier alpha value is -2.15. The van der Waals surface area contributed by atoms with Crippen molar-refractivity contribution in [1.29, 1.82) is 0 Å². The SMILES string of the molecule is O=C(O)c1cccc(N2CC3CCC(C2)O3)c1[N+](=O)[O-]. The summed E-state index contributed by atoms with van der Waals surface area (Å²) in [5.41, 5.74) is -0.234. The third-order valence-electron chi connectivity index (χ3n) is 3.81. The van der Waals surface area contributed by atoms with Gasteiger partial charge in [-0.25, -0.2) is 4.79 Å². The number of ether oxygens (including phenoxy) is 1. The van der Waals surface area contributed by atoms with E-state index in [9.17, 15) is 14.9 Å². The number of hydrogen-bond acceptors (Lipinski definition) is 5. The van der Waals surface area contributed by atoms with Gasteiger partial charge in [0.25, 0.3) is 0 Å². The van der Waals surface area contributed by atoms with E-state index in [2.05, 4.69) is 0 Å². The molecule has 2 heterocycles. The van der Waals surface area contributed by atoms with Crippen LogP contribution in [0.4, 0.5) is 11.4 Å². The highest BCUT2D eigenvalue weighted by Crippen LogP contribution is 2.36. The van der Waals surface area contributed by atoms with Gasteiger partial charge in [0.1, 0.15) is 11.3 Å². The van der Waals surface area contributed by atoms with Crippen LogP contribution in [-0.4, -0.2) is 41.3 Å². The van der Waals surface area contributed by atoms with Gasteiger partial charge in [0.05, 0.1) is 17.1 Å². The molecule has 0 aromatic heterocycles. The second-order valence-corrected chi connectivity index (χ2v) is 5.10. The number of rotatable bonds is 3. The fraction of sp³-hybridized carbons (Fsp3) is 0.462. The number of benzene rings is 1. The Balaban J connectivity index is 2.02. The molecule has 7 nitrogen and oxygen atoms in total. The van der Waals surface area contributed by atoms with E-state index < -0.39 is 10.9 Å². The van der Waals surface area contributed by atoms with E-state index in [1.54, 1.807) is 12.1 Å². The lowest BCUT2D eigenvalue weighted by Gasteiger charge is -2.33. The number of aromatic carboxylic acids is 1. The van der Waals surface area contributed by atoms with Crippen LogP contribution >= 0.6 is 0 Å². The first-order valence-corrected chi connectivity index (χ1v) is 6.47. The van der Waals surface area contributed by atoms with E-state index >= 15 is 0 Å². The number of fused-ring (bicyclic) bond motifs is 2. The molecule has 0 aliphatic carbocycles. The lowest BCUT2D eigenvalue weighted by molar-refractivity contribution is -0.384. The summed E-state index contributed by atoms with van der Waals surface area (Å²) >= 11 is 0. The average molecular weight is 278 g/mol. The van der Waals surface area contributed by atoms with Crippen molar-refractivity contribution in [3.63, 3.8) is 0 Å². The molecule has 0 saturated carbocycles. The van der Waals surface area contributed by atoms with Crippen molar-refractivity contribution < 1.29 is 19.6 Å². The normalized spacial score (nSPS) is 24.7. The number of morpholine rings is 1. The molecule has 0 radical (unpaired) electrons. The number of para-hydroxylation sites is 1. The smallest absolute Gasteiger partial charge is 0.342 e. The molecular weight excluding hydrogens is 264 g/mol. The molecule has 2 fully saturated rings. The van der Waals surface area contributed by atoms with E-state index in [1.807, 2.05) is 4.90 Å². The molecule has 0 amide bonds. The summed E-state index contributed by atoms with van der Waals surface area (Å²) in [5, 5.41) is 20.4. The summed E-state index contributed by atoms with van der Waals surface area (Å²) in [5.74, 6) is -1.28. The molecule has 2 bridgehead atoms. The van der Waals surface area contributed by atoms with E-state index in [0.717, 1.165) is 12.8 Å². The first-order chi connectivity index (χ1) is 9.56. The molecule has 2 aliphatic rings. The Morgan fingerprint density at radius 2 is 2.00 bits per heavy atom. The van der Waals surface area contributed by atoms with Crippen LogP contribution in [0.3, 0.4) is 0 Å². The van der Waals surface area contributed by atoms with Crippen molar-refractivity contribution in [2.45, 2.75) is 25.0 Å². The first-order valence-electron chi connectivity index (χ1n) is 6.47. The first kappa shape index (κ1) is 12.9. The number of anilines is 1. The minimum absolute atomic E-state index is 0.0850. The average Bonchev–Trinajstić information content (AvgIpc) is 2.76. The Labute approximate surface area is 114 Å². The fourth-order valence-corrected chi connectivity index (χ4v) is 2.96. The van der Waals surface area contributed by atoms with Gasteiger partial charge in [-0.2, -0.15) is 0 Å². The quantitative estimate of drug-likeness (QED) is 0.667. The largest absolute Gasteiger partial charge is 0.477 e. The predicted molar refractivity (Wildman–Crippen MR) is 70.2 cm³/mol. The van der Waals surface area contributed by atoms with Gasteiger partial charge in [-0.05, 0) is 25.0 Å². The maximum Gasteiger partial charge on any atom is 0.342 e. The summed E-state index contributed by atoms with van der Waals surface area (Å²) < 4.78 is 5.70. The third kappa shape index (κ3) is 2.09. The van der Waals surface area contributed by atoms with Gasteiger partial charge in [0, 0.05) is 13.1 Å². The highest BCUT2D eigenvalue weighted by Gasteiger charge is 2.37. The molecule has 7 heteroatoms. The molecule has 2 unspecified atom stereocenters. The van der Waals surface area contributed by atoms with E-state index in [-0.39, 0.29) is 23.5 Å². The molecule has 2 aliphatic heterocycles. The van der Waals surface area contributed by atoms with Crippen molar-refractivity contribution in [3.8, 4) is 0 Å². The number of carboxylic acids is 1. The topological polar surface area (TPSA) is 92.9 Å². The zero-order valence-electron chi connectivity index (χ0n) is 10.7. The third-order valence-corrected chi connectivity index (χ3v) is 3.81. The van der Waals surface area contributed by atoms with Crippen LogP contribution < -0.4 is 4.90 Å². The van der Waals surface area contributed by atoms with Crippen LogP contribution in [0.1, 0.15) is 23.2 Å².